The zero-order valence-electron chi connectivity index (χ0n) is 13.7. The summed E-state index contributed by atoms with van der Waals surface area (Å²) in [6.45, 7) is 0.760. The van der Waals surface area contributed by atoms with Crippen molar-refractivity contribution in [2.45, 2.75) is 44.3 Å². The fraction of sp³-hybridized carbons (Fsp3) is 0.500. The van der Waals surface area contributed by atoms with Crippen LogP contribution in [0.2, 0.25) is 0 Å². The Morgan fingerprint density at radius 1 is 1.08 bits per heavy atom. The largest absolute Gasteiger partial charge is 0.433 e. The summed E-state index contributed by atoms with van der Waals surface area (Å²) in [4.78, 5) is 14.2. The Balaban J connectivity index is 1.77. The number of halogens is 3. The van der Waals surface area contributed by atoms with Gasteiger partial charge in [-0.2, -0.15) is 13.2 Å². The molecule has 7 heteroatoms. The minimum atomic E-state index is -4.50. The molecule has 25 heavy (non-hydrogen) atoms. The minimum Gasteiger partial charge on any atom is -0.353 e. The molecule has 0 unspecified atom stereocenters. The molecule has 0 aromatic carbocycles. The van der Waals surface area contributed by atoms with Crippen molar-refractivity contribution < 1.29 is 13.2 Å². The molecule has 1 aliphatic heterocycles. The molecular weight excluding hydrogens is 329 g/mol. The van der Waals surface area contributed by atoms with Gasteiger partial charge in [-0.1, -0.05) is 12.8 Å². The fourth-order valence-corrected chi connectivity index (χ4v) is 4.04. The van der Waals surface area contributed by atoms with Gasteiger partial charge in [0.15, 0.2) is 11.5 Å². The van der Waals surface area contributed by atoms with Crippen molar-refractivity contribution in [3.05, 3.63) is 36.3 Å². The highest BCUT2D eigenvalue weighted by Crippen LogP contribution is 2.40. The van der Waals surface area contributed by atoms with Crippen LogP contribution in [0.4, 0.5) is 19.0 Å². The van der Waals surface area contributed by atoms with Crippen LogP contribution in [0.15, 0.2) is 30.6 Å². The van der Waals surface area contributed by atoms with Gasteiger partial charge >= 0.3 is 6.18 Å². The SMILES string of the molecule is FC(F)(F)c1cc(N2CC[C@H]3CCCC[C@H]32)nc(-c2cccnc2)n1. The molecule has 2 aromatic rings. The number of hydrogen-bond donors (Lipinski definition) is 0. The normalized spacial score (nSPS) is 23.6. The van der Waals surface area contributed by atoms with E-state index in [-0.39, 0.29) is 5.82 Å². The predicted octanol–water partition coefficient (Wildman–Crippen LogP) is 4.33. The van der Waals surface area contributed by atoms with Crippen molar-refractivity contribution in [2.75, 3.05) is 11.4 Å². The van der Waals surface area contributed by atoms with Gasteiger partial charge in [0.2, 0.25) is 0 Å². The van der Waals surface area contributed by atoms with Crippen molar-refractivity contribution >= 4 is 5.82 Å². The molecule has 0 bridgehead atoms. The summed E-state index contributed by atoms with van der Waals surface area (Å²) in [6.07, 6.45) is 4.13. The standard InChI is InChI=1S/C18H19F3N4/c19-18(20,21)15-10-16(24-17(23-15)13-5-3-8-22-11-13)25-9-7-12-4-1-2-6-14(12)25/h3,5,8,10-12,14H,1-2,4,6-7,9H2/t12-,14-/m1/s1. The highest BCUT2D eigenvalue weighted by atomic mass is 19.4. The first kappa shape index (κ1) is 16.3. The smallest absolute Gasteiger partial charge is 0.353 e. The van der Waals surface area contributed by atoms with Crippen LogP contribution in [-0.2, 0) is 6.18 Å². The molecule has 1 saturated carbocycles. The van der Waals surface area contributed by atoms with Crippen molar-refractivity contribution in [1.82, 2.24) is 15.0 Å². The molecule has 2 atom stereocenters. The molecule has 2 aromatic heterocycles. The summed E-state index contributed by atoms with van der Waals surface area (Å²) in [6, 6.07) is 4.74. The van der Waals surface area contributed by atoms with Crippen LogP contribution in [0.25, 0.3) is 11.4 Å². The van der Waals surface area contributed by atoms with Gasteiger partial charge in [-0.15, -0.1) is 0 Å². The highest BCUT2D eigenvalue weighted by molar-refractivity contribution is 5.57. The number of rotatable bonds is 2. The Morgan fingerprint density at radius 3 is 2.68 bits per heavy atom. The molecule has 4 nitrogen and oxygen atoms in total. The number of aromatic nitrogens is 3. The molecule has 3 heterocycles. The lowest BCUT2D eigenvalue weighted by Gasteiger charge is -2.32. The van der Waals surface area contributed by atoms with Crippen LogP contribution in [0.1, 0.15) is 37.8 Å². The summed E-state index contributed by atoms with van der Waals surface area (Å²) < 4.78 is 40.1. The van der Waals surface area contributed by atoms with E-state index in [1.165, 1.54) is 12.6 Å². The molecule has 2 fully saturated rings. The van der Waals surface area contributed by atoms with E-state index in [2.05, 4.69) is 19.9 Å². The van der Waals surface area contributed by atoms with Crippen LogP contribution < -0.4 is 4.90 Å². The molecule has 0 spiro atoms. The molecule has 132 valence electrons. The Labute approximate surface area is 144 Å². The molecule has 0 N–H and O–H groups in total. The quantitative estimate of drug-likeness (QED) is 0.810. The van der Waals surface area contributed by atoms with E-state index in [0.717, 1.165) is 38.3 Å². The monoisotopic (exact) mass is 348 g/mol. The zero-order chi connectivity index (χ0) is 17.4. The number of nitrogens with zero attached hydrogens (tertiary/aromatic N) is 4. The summed E-state index contributed by atoms with van der Waals surface area (Å²) in [7, 11) is 0. The average Bonchev–Trinajstić information content (AvgIpc) is 3.05. The second-order valence-corrected chi connectivity index (χ2v) is 6.77. The van der Waals surface area contributed by atoms with Gasteiger partial charge in [-0.25, -0.2) is 9.97 Å². The fourth-order valence-electron chi connectivity index (χ4n) is 4.04. The second-order valence-electron chi connectivity index (χ2n) is 6.77. The Kier molecular flexibility index (Phi) is 4.09. The van der Waals surface area contributed by atoms with E-state index >= 15 is 0 Å². The third-order valence-corrected chi connectivity index (χ3v) is 5.23. The second kappa shape index (κ2) is 6.28. The molecule has 4 rings (SSSR count). The topological polar surface area (TPSA) is 41.9 Å². The third kappa shape index (κ3) is 3.19. The lowest BCUT2D eigenvalue weighted by Crippen LogP contribution is -2.35. The molecule has 0 radical (unpaired) electrons. The van der Waals surface area contributed by atoms with Crippen LogP contribution in [0, 0.1) is 5.92 Å². The number of alkyl halides is 3. The van der Waals surface area contributed by atoms with Gasteiger partial charge < -0.3 is 4.90 Å². The molecule has 1 aliphatic carbocycles. The maximum atomic E-state index is 13.4. The van der Waals surface area contributed by atoms with Gasteiger partial charge in [-0.05, 0) is 37.3 Å². The lowest BCUT2D eigenvalue weighted by molar-refractivity contribution is -0.141. The van der Waals surface area contributed by atoms with Crippen molar-refractivity contribution in [1.29, 1.82) is 0 Å². The van der Waals surface area contributed by atoms with Crippen LogP contribution in [-0.4, -0.2) is 27.5 Å². The van der Waals surface area contributed by atoms with Gasteiger partial charge in [0.25, 0.3) is 0 Å². The third-order valence-electron chi connectivity index (χ3n) is 5.23. The molecular formula is C18H19F3N4. The van der Waals surface area contributed by atoms with Gasteiger partial charge in [0.05, 0.1) is 0 Å². The first-order valence-corrected chi connectivity index (χ1v) is 8.66. The van der Waals surface area contributed by atoms with Crippen molar-refractivity contribution in [3.63, 3.8) is 0 Å². The molecule has 1 saturated heterocycles. The number of hydrogen-bond acceptors (Lipinski definition) is 4. The maximum absolute atomic E-state index is 13.4. The Bertz CT molecular complexity index is 748. The van der Waals surface area contributed by atoms with Gasteiger partial charge in [-0.3, -0.25) is 4.98 Å². The number of pyridine rings is 1. The number of fused-ring (bicyclic) bond motifs is 1. The van der Waals surface area contributed by atoms with Crippen LogP contribution in [0.5, 0.6) is 0 Å². The summed E-state index contributed by atoms with van der Waals surface area (Å²) in [5, 5.41) is 0. The minimum absolute atomic E-state index is 0.0807. The van der Waals surface area contributed by atoms with Crippen LogP contribution >= 0.6 is 0 Å². The molecule has 0 amide bonds. The average molecular weight is 348 g/mol. The summed E-state index contributed by atoms with van der Waals surface area (Å²) in [5.41, 5.74) is -0.398. The van der Waals surface area contributed by atoms with Crippen molar-refractivity contribution in [3.8, 4) is 11.4 Å². The van der Waals surface area contributed by atoms with E-state index in [0.29, 0.717) is 23.3 Å². The van der Waals surface area contributed by atoms with Crippen LogP contribution in [0.3, 0.4) is 0 Å². The first-order chi connectivity index (χ1) is 12.0. The first-order valence-electron chi connectivity index (χ1n) is 8.66. The van der Waals surface area contributed by atoms with Crippen molar-refractivity contribution in [2.24, 2.45) is 5.92 Å². The maximum Gasteiger partial charge on any atom is 0.433 e. The summed E-state index contributed by atoms with van der Waals surface area (Å²) >= 11 is 0. The summed E-state index contributed by atoms with van der Waals surface area (Å²) in [5.74, 6) is 1.03. The van der Waals surface area contributed by atoms with Gasteiger partial charge in [0.1, 0.15) is 5.82 Å². The zero-order valence-corrected chi connectivity index (χ0v) is 13.7. The Morgan fingerprint density at radius 2 is 1.92 bits per heavy atom. The van der Waals surface area contributed by atoms with E-state index < -0.39 is 11.9 Å². The lowest BCUT2D eigenvalue weighted by atomic mass is 9.85. The predicted molar refractivity (Wildman–Crippen MR) is 88.0 cm³/mol. The van der Waals surface area contributed by atoms with E-state index in [9.17, 15) is 13.2 Å². The van der Waals surface area contributed by atoms with E-state index in [4.69, 9.17) is 0 Å². The number of anilines is 1. The molecule has 2 aliphatic rings. The van der Waals surface area contributed by atoms with E-state index in [1.807, 2.05) is 0 Å². The Hall–Kier alpha value is -2.18. The van der Waals surface area contributed by atoms with Gasteiger partial charge in [0, 0.05) is 36.6 Å². The highest BCUT2D eigenvalue weighted by Gasteiger charge is 2.39. The van der Waals surface area contributed by atoms with E-state index in [1.54, 1.807) is 18.3 Å².